The Morgan fingerprint density at radius 1 is 1.11 bits per heavy atom. The van der Waals surface area contributed by atoms with Crippen LogP contribution in [0.2, 0.25) is 0 Å². The minimum atomic E-state index is -3.62. The van der Waals surface area contributed by atoms with E-state index in [-0.39, 0.29) is 23.0 Å². The number of nitrogens with one attached hydrogen (secondary N) is 1. The largest absolute Gasteiger partial charge is 0.373 e. The van der Waals surface area contributed by atoms with Gasteiger partial charge in [0.1, 0.15) is 0 Å². The predicted molar refractivity (Wildman–Crippen MR) is 112 cm³/mol. The van der Waals surface area contributed by atoms with E-state index in [1.54, 1.807) is 0 Å². The zero-order valence-corrected chi connectivity index (χ0v) is 18.4. The maximum atomic E-state index is 12.9. The molecule has 0 bridgehead atoms. The summed E-state index contributed by atoms with van der Waals surface area (Å²) in [7, 11) is -3.62. The Morgan fingerprint density at radius 2 is 1.71 bits per heavy atom. The Hall–Kier alpha value is -1.74. The van der Waals surface area contributed by atoms with Crippen molar-refractivity contribution in [3.05, 3.63) is 58.1 Å². The summed E-state index contributed by atoms with van der Waals surface area (Å²) in [5.74, 6) is -0.289. The molecule has 28 heavy (non-hydrogen) atoms. The summed E-state index contributed by atoms with van der Waals surface area (Å²) in [6.45, 7) is 6.25. The third-order valence-corrected chi connectivity index (χ3v) is 6.92. The SMILES string of the molecule is Cc1cc(Br)ccc1NC(=O)c1ccc(S(=O)(=O)N2CC(C)OC(C)C2)cc1. The lowest BCUT2D eigenvalue weighted by Gasteiger charge is -2.34. The summed E-state index contributed by atoms with van der Waals surface area (Å²) in [6, 6.07) is 11.6. The molecule has 1 amide bonds. The quantitative estimate of drug-likeness (QED) is 0.742. The Morgan fingerprint density at radius 3 is 2.29 bits per heavy atom. The number of carbonyl (C=O) groups is 1. The molecule has 1 aliphatic rings. The van der Waals surface area contributed by atoms with Gasteiger partial charge in [-0.25, -0.2) is 8.42 Å². The Bertz CT molecular complexity index is 966. The van der Waals surface area contributed by atoms with Gasteiger partial charge in [-0.05, 0) is 68.8 Å². The van der Waals surface area contributed by atoms with E-state index in [1.165, 1.54) is 28.6 Å². The second kappa shape index (κ2) is 8.32. The van der Waals surface area contributed by atoms with Gasteiger partial charge in [0.05, 0.1) is 17.1 Å². The average molecular weight is 467 g/mol. The highest BCUT2D eigenvalue weighted by molar-refractivity contribution is 9.10. The number of nitrogens with zero attached hydrogens (tertiary/aromatic N) is 1. The molecular weight excluding hydrogens is 444 g/mol. The number of rotatable bonds is 4. The number of sulfonamides is 1. The van der Waals surface area contributed by atoms with Gasteiger partial charge in [-0.3, -0.25) is 4.79 Å². The molecule has 0 aromatic heterocycles. The number of hydrogen-bond donors (Lipinski definition) is 1. The van der Waals surface area contributed by atoms with E-state index < -0.39 is 10.0 Å². The van der Waals surface area contributed by atoms with E-state index in [0.717, 1.165) is 10.0 Å². The number of carbonyl (C=O) groups excluding carboxylic acids is 1. The number of benzene rings is 2. The third-order valence-electron chi connectivity index (χ3n) is 4.58. The molecule has 2 aromatic rings. The number of anilines is 1. The van der Waals surface area contributed by atoms with Crippen LogP contribution >= 0.6 is 15.9 Å². The third kappa shape index (κ3) is 4.63. The van der Waals surface area contributed by atoms with Gasteiger partial charge in [0.15, 0.2) is 0 Å². The molecule has 1 N–H and O–H groups in total. The van der Waals surface area contributed by atoms with Gasteiger partial charge in [0.25, 0.3) is 5.91 Å². The van der Waals surface area contributed by atoms with Crippen molar-refractivity contribution < 1.29 is 17.9 Å². The van der Waals surface area contributed by atoms with Crippen LogP contribution in [0.1, 0.15) is 29.8 Å². The Balaban J connectivity index is 1.76. The smallest absolute Gasteiger partial charge is 0.255 e. The van der Waals surface area contributed by atoms with Crippen molar-refractivity contribution >= 4 is 37.5 Å². The lowest BCUT2D eigenvalue weighted by molar-refractivity contribution is -0.0440. The van der Waals surface area contributed by atoms with Gasteiger partial charge in [-0.1, -0.05) is 15.9 Å². The molecule has 0 saturated carbocycles. The van der Waals surface area contributed by atoms with Gasteiger partial charge < -0.3 is 10.1 Å². The fourth-order valence-corrected chi connectivity index (χ4v) is 5.28. The molecule has 2 atom stereocenters. The van der Waals surface area contributed by atoms with Crippen molar-refractivity contribution in [1.29, 1.82) is 0 Å². The van der Waals surface area contributed by atoms with E-state index >= 15 is 0 Å². The maximum Gasteiger partial charge on any atom is 0.255 e. The van der Waals surface area contributed by atoms with Gasteiger partial charge in [-0.15, -0.1) is 0 Å². The molecule has 0 radical (unpaired) electrons. The minimum absolute atomic E-state index is 0.155. The van der Waals surface area contributed by atoms with Gasteiger partial charge in [-0.2, -0.15) is 4.31 Å². The maximum absolute atomic E-state index is 12.9. The van der Waals surface area contributed by atoms with Crippen LogP contribution in [-0.4, -0.2) is 43.9 Å². The normalized spacial score (nSPS) is 20.7. The van der Waals surface area contributed by atoms with Crippen LogP contribution in [0, 0.1) is 6.92 Å². The fraction of sp³-hybridized carbons (Fsp3) is 0.350. The second-order valence-electron chi connectivity index (χ2n) is 7.02. The molecule has 2 unspecified atom stereocenters. The number of morpholine rings is 1. The first-order valence-corrected chi connectivity index (χ1v) is 11.2. The molecule has 3 rings (SSSR count). The zero-order valence-electron chi connectivity index (χ0n) is 16.0. The second-order valence-corrected chi connectivity index (χ2v) is 9.87. The molecule has 1 heterocycles. The van der Waals surface area contributed by atoms with E-state index in [0.29, 0.717) is 24.3 Å². The Kier molecular flexibility index (Phi) is 6.24. The average Bonchev–Trinajstić information content (AvgIpc) is 2.63. The summed E-state index contributed by atoms with van der Waals surface area (Å²) in [4.78, 5) is 12.7. The monoisotopic (exact) mass is 466 g/mol. The van der Waals surface area contributed by atoms with Crippen LogP contribution < -0.4 is 5.32 Å². The van der Waals surface area contributed by atoms with Crippen LogP contribution in [0.3, 0.4) is 0 Å². The van der Waals surface area contributed by atoms with Crippen molar-refractivity contribution in [1.82, 2.24) is 4.31 Å². The van der Waals surface area contributed by atoms with Crippen LogP contribution in [0.4, 0.5) is 5.69 Å². The minimum Gasteiger partial charge on any atom is -0.373 e. The summed E-state index contributed by atoms with van der Waals surface area (Å²) in [5, 5.41) is 2.85. The van der Waals surface area contributed by atoms with Gasteiger partial charge >= 0.3 is 0 Å². The summed E-state index contributed by atoms with van der Waals surface area (Å²) < 4.78 is 33.8. The lowest BCUT2D eigenvalue weighted by Crippen LogP contribution is -2.48. The van der Waals surface area contributed by atoms with Crippen LogP contribution in [-0.2, 0) is 14.8 Å². The summed E-state index contributed by atoms with van der Waals surface area (Å²) >= 11 is 3.39. The summed E-state index contributed by atoms with van der Waals surface area (Å²) in [6.07, 6.45) is -0.310. The number of aryl methyl sites for hydroxylation is 1. The number of amides is 1. The zero-order chi connectivity index (χ0) is 20.5. The molecule has 6 nitrogen and oxygen atoms in total. The number of ether oxygens (including phenoxy) is 1. The molecule has 1 aliphatic heterocycles. The molecular formula is C20H23BrN2O4S. The molecule has 150 valence electrons. The van der Waals surface area contributed by atoms with Crippen molar-refractivity contribution in [2.24, 2.45) is 0 Å². The van der Waals surface area contributed by atoms with Crippen molar-refractivity contribution in [3.63, 3.8) is 0 Å². The molecule has 2 aromatic carbocycles. The number of halogens is 1. The van der Waals surface area contributed by atoms with Crippen LogP contribution in [0.15, 0.2) is 51.8 Å². The van der Waals surface area contributed by atoms with Gasteiger partial charge in [0, 0.05) is 28.8 Å². The highest BCUT2D eigenvalue weighted by Gasteiger charge is 2.32. The first-order chi connectivity index (χ1) is 13.2. The topological polar surface area (TPSA) is 75.7 Å². The summed E-state index contributed by atoms with van der Waals surface area (Å²) in [5.41, 5.74) is 2.03. The van der Waals surface area contributed by atoms with Crippen LogP contribution in [0.25, 0.3) is 0 Å². The Labute approximate surface area is 174 Å². The van der Waals surface area contributed by atoms with Crippen molar-refractivity contribution in [2.45, 2.75) is 37.9 Å². The lowest BCUT2D eigenvalue weighted by atomic mass is 10.1. The van der Waals surface area contributed by atoms with E-state index in [2.05, 4.69) is 21.2 Å². The van der Waals surface area contributed by atoms with E-state index in [1.807, 2.05) is 39.0 Å². The van der Waals surface area contributed by atoms with E-state index in [9.17, 15) is 13.2 Å². The van der Waals surface area contributed by atoms with Crippen molar-refractivity contribution in [2.75, 3.05) is 18.4 Å². The fourth-order valence-electron chi connectivity index (χ4n) is 3.22. The standard InChI is InChI=1S/C20H23BrN2O4S/c1-13-10-17(21)6-9-19(13)22-20(24)16-4-7-18(8-5-16)28(25,26)23-11-14(2)27-15(3)12-23/h4-10,14-15H,11-12H2,1-3H3,(H,22,24). The van der Waals surface area contributed by atoms with Crippen LogP contribution in [0.5, 0.6) is 0 Å². The molecule has 0 spiro atoms. The first kappa shape index (κ1) is 21.0. The highest BCUT2D eigenvalue weighted by Crippen LogP contribution is 2.23. The molecule has 8 heteroatoms. The van der Waals surface area contributed by atoms with E-state index in [4.69, 9.17) is 4.74 Å². The van der Waals surface area contributed by atoms with Gasteiger partial charge in [0.2, 0.25) is 10.0 Å². The van der Waals surface area contributed by atoms with Crippen molar-refractivity contribution in [3.8, 4) is 0 Å². The number of hydrogen-bond acceptors (Lipinski definition) is 4. The molecule has 1 saturated heterocycles. The predicted octanol–water partition coefficient (Wildman–Crippen LogP) is 3.81. The first-order valence-electron chi connectivity index (χ1n) is 9.00. The molecule has 1 fully saturated rings. The molecule has 0 aliphatic carbocycles. The highest BCUT2D eigenvalue weighted by atomic mass is 79.9.